The molecule has 134 valence electrons. The van der Waals surface area contributed by atoms with Crippen molar-refractivity contribution in [2.24, 2.45) is 0 Å². The van der Waals surface area contributed by atoms with Crippen LogP contribution >= 0.6 is 12.2 Å². The summed E-state index contributed by atoms with van der Waals surface area (Å²) in [5, 5.41) is 6.61. The highest BCUT2D eigenvalue weighted by atomic mass is 32.2. The Morgan fingerprint density at radius 3 is 2.50 bits per heavy atom. The van der Waals surface area contributed by atoms with Gasteiger partial charge in [-0.3, -0.25) is 0 Å². The molecule has 2 N–H and O–H groups in total. The van der Waals surface area contributed by atoms with Crippen molar-refractivity contribution >= 4 is 38.7 Å². The summed E-state index contributed by atoms with van der Waals surface area (Å²) in [5.74, 6) is 0. The van der Waals surface area contributed by atoms with E-state index in [4.69, 9.17) is 12.2 Å². The topological polar surface area (TPSA) is 64.7 Å². The van der Waals surface area contributed by atoms with Gasteiger partial charge >= 0.3 is 0 Å². The number of anilines is 2. The number of sulfonamides is 1. The molecule has 24 heavy (non-hydrogen) atoms. The first kappa shape index (κ1) is 19.0. The van der Waals surface area contributed by atoms with Gasteiger partial charge < -0.3 is 15.5 Å². The van der Waals surface area contributed by atoms with Crippen molar-refractivity contribution < 1.29 is 8.42 Å². The molecular weight excluding hydrogens is 344 g/mol. The van der Waals surface area contributed by atoms with Gasteiger partial charge in [-0.15, -0.1) is 0 Å². The third-order valence-corrected chi connectivity index (χ3v) is 6.13. The molecule has 0 aliphatic carbocycles. The fraction of sp³-hybridized carbons (Fsp3) is 0.562. The fourth-order valence-corrected chi connectivity index (χ4v) is 4.55. The van der Waals surface area contributed by atoms with Crippen LogP contribution in [0.3, 0.4) is 0 Å². The van der Waals surface area contributed by atoms with Crippen LogP contribution in [0.1, 0.15) is 26.2 Å². The van der Waals surface area contributed by atoms with E-state index in [1.807, 2.05) is 32.0 Å². The van der Waals surface area contributed by atoms with E-state index in [1.165, 1.54) is 0 Å². The molecule has 0 bridgehead atoms. The average Bonchev–Trinajstić information content (AvgIpc) is 2.55. The number of thiocarbonyl (C=S) groups is 1. The van der Waals surface area contributed by atoms with Crippen LogP contribution in [0.5, 0.6) is 0 Å². The second-order valence-corrected chi connectivity index (χ2v) is 8.37. The first-order valence-electron chi connectivity index (χ1n) is 8.22. The van der Waals surface area contributed by atoms with Gasteiger partial charge in [0.2, 0.25) is 10.0 Å². The number of nitrogens with one attached hydrogen (secondary N) is 2. The zero-order chi connectivity index (χ0) is 17.7. The molecule has 1 aliphatic rings. The summed E-state index contributed by atoms with van der Waals surface area (Å²) in [4.78, 5) is 2.23. The second-order valence-electron chi connectivity index (χ2n) is 6.02. The molecular formula is C16H26N4O2S2. The molecule has 8 heteroatoms. The third-order valence-electron chi connectivity index (χ3n) is 3.99. The Morgan fingerprint density at radius 1 is 1.25 bits per heavy atom. The molecule has 1 heterocycles. The van der Waals surface area contributed by atoms with E-state index in [1.54, 1.807) is 16.4 Å². The Kier molecular flexibility index (Phi) is 6.42. The van der Waals surface area contributed by atoms with Crippen molar-refractivity contribution in [1.29, 1.82) is 0 Å². The summed E-state index contributed by atoms with van der Waals surface area (Å²) in [5.41, 5.74) is 1.57. The molecule has 0 unspecified atom stereocenters. The molecule has 0 atom stereocenters. The molecule has 0 radical (unpaired) electrons. The average molecular weight is 371 g/mol. The van der Waals surface area contributed by atoms with Crippen molar-refractivity contribution in [2.45, 2.75) is 31.1 Å². The number of nitrogens with zero attached hydrogens (tertiary/aromatic N) is 2. The van der Waals surface area contributed by atoms with Crippen molar-refractivity contribution in [2.75, 3.05) is 43.9 Å². The Bertz CT molecular complexity index is 683. The first-order chi connectivity index (χ1) is 11.4. The van der Waals surface area contributed by atoms with Crippen molar-refractivity contribution in [3.63, 3.8) is 0 Å². The molecule has 0 amide bonds. The molecule has 6 nitrogen and oxygen atoms in total. The Morgan fingerprint density at radius 2 is 1.92 bits per heavy atom. The highest BCUT2D eigenvalue weighted by Gasteiger charge is 2.26. The Hall–Kier alpha value is -1.38. The number of hydrogen-bond donors (Lipinski definition) is 2. The lowest BCUT2D eigenvalue weighted by Crippen LogP contribution is -2.35. The predicted molar refractivity (Wildman–Crippen MR) is 103 cm³/mol. The molecule has 2 rings (SSSR count). The molecule has 1 aromatic rings. The van der Waals surface area contributed by atoms with E-state index in [-0.39, 0.29) is 0 Å². The van der Waals surface area contributed by atoms with Gasteiger partial charge in [-0.1, -0.05) is 6.42 Å². The lowest BCUT2D eigenvalue weighted by molar-refractivity contribution is 0.346. The highest BCUT2D eigenvalue weighted by molar-refractivity contribution is 7.89. The monoisotopic (exact) mass is 370 g/mol. The zero-order valence-corrected chi connectivity index (χ0v) is 16.1. The number of benzene rings is 1. The molecule has 0 aromatic heterocycles. The number of rotatable bonds is 5. The maximum Gasteiger partial charge on any atom is 0.243 e. The van der Waals surface area contributed by atoms with E-state index in [0.717, 1.165) is 24.9 Å². The summed E-state index contributed by atoms with van der Waals surface area (Å²) >= 11 is 5.24. The summed E-state index contributed by atoms with van der Waals surface area (Å²) in [7, 11) is 0.361. The van der Waals surface area contributed by atoms with Crippen LogP contribution in [0.25, 0.3) is 0 Å². The lowest BCUT2D eigenvalue weighted by atomic mass is 10.2. The van der Waals surface area contributed by atoms with Gasteiger partial charge in [-0.2, -0.15) is 4.31 Å². The fourth-order valence-electron chi connectivity index (χ4n) is 2.75. The molecule has 0 saturated carbocycles. The van der Waals surface area contributed by atoms with Gasteiger partial charge in [0.25, 0.3) is 0 Å². The van der Waals surface area contributed by atoms with Crippen LogP contribution in [0, 0.1) is 0 Å². The zero-order valence-electron chi connectivity index (χ0n) is 14.5. The van der Waals surface area contributed by atoms with Gasteiger partial charge in [0.1, 0.15) is 0 Å². The minimum Gasteiger partial charge on any atom is -0.376 e. The SMILES string of the molecule is CCNC(=S)Nc1cc(S(=O)(=O)N2CCCCC2)ccc1N(C)C. The maximum absolute atomic E-state index is 12.9. The van der Waals surface area contributed by atoms with Crippen molar-refractivity contribution in [3.05, 3.63) is 18.2 Å². The normalized spacial score (nSPS) is 15.8. The van der Waals surface area contributed by atoms with E-state index in [2.05, 4.69) is 10.6 Å². The van der Waals surface area contributed by atoms with Gasteiger partial charge in [0.05, 0.1) is 16.3 Å². The Balaban J connectivity index is 2.35. The summed E-state index contributed by atoms with van der Waals surface area (Å²) < 4.78 is 27.3. The van der Waals surface area contributed by atoms with Crippen LogP contribution in [0.4, 0.5) is 11.4 Å². The smallest absolute Gasteiger partial charge is 0.243 e. The molecule has 1 saturated heterocycles. The van der Waals surface area contributed by atoms with Crippen LogP contribution in [-0.4, -0.2) is 51.6 Å². The van der Waals surface area contributed by atoms with Gasteiger partial charge in [-0.25, -0.2) is 8.42 Å². The number of piperidine rings is 1. The summed E-state index contributed by atoms with van der Waals surface area (Å²) in [6, 6.07) is 5.15. The van der Waals surface area contributed by atoms with E-state index in [0.29, 0.717) is 35.3 Å². The highest BCUT2D eigenvalue weighted by Crippen LogP contribution is 2.30. The third kappa shape index (κ3) is 4.37. The van der Waals surface area contributed by atoms with Crippen molar-refractivity contribution in [1.82, 2.24) is 9.62 Å². The van der Waals surface area contributed by atoms with Crippen molar-refractivity contribution in [3.8, 4) is 0 Å². The summed E-state index contributed by atoms with van der Waals surface area (Å²) in [6.07, 6.45) is 2.94. The largest absolute Gasteiger partial charge is 0.376 e. The molecule has 0 spiro atoms. The van der Waals surface area contributed by atoms with Crippen LogP contribution in [-0.2, 0) is 10.0 Å². The molecule has 1 aromatic carbocycles. The maximum atomic E-state index is 12.9. The number of hydrogen-bond acceptors (Lipinski definition) is 4. The minimum absolute atomic E-state index is 0.303. The van der Waals surface area contributed by atoms with Gasteiger partial charge in [-0.05, 0) is 50.2 Å². The predicted octanol–water partition coefficient (Wildman–Crippen LogP) is 2.23. The van der Waals surface area contributed by atoms with E-state index in [9.17, 15) is 8.42 Å². The van der Waals surface area contributed by atoms with E-state index >= 15 is 0 Å². The van der Waals surface area contributed by atoms with E-state index < -0.39 is 10.0 Å². The van der Waals surface area contributed by atoms with Gasteiger partial charge in [0, 0.05) is 33.7 Å². The first-order valence-corrected chi connectivity index (χ1v) is 10.1. The lowest BCUT2D eigenvalue weighted by Gasteiger charge is -2.27. The van der Waals surface area contributed by atoms with Crippen LogP contribution < -0.4 is 15.5 Å². The molecule has 1 fully saturated rings. The summed E-state index contributed by atoms with van der Waals surface area (Å²) in [6.45, 7) is 3.85. The van der Waals surface area contributed by atoms with Gasteiger partial charge in [0.15, 0.2) is 5.11 Å². The van der Waals surface area contributed by atoms with Crippen LogP contribution in [0.2, 0.25) is 0 Å². The standard InChI is InChI=1S/C16H26N4O2S2/c1-4-17-16(23)18-14-12-13(8-9-15(14)19(2)3)24(21,22)20-10-6-5-7-11-20/h8-9,12H,4-7,10-11H2,1-3H3,(H2,17,18,23). The Labute approximate surface area is 150 Å². The van der Waals surface area contributed by atoms with Crippen LogP contribution in [0.15, 0.2) is 23.1 Å². The molecule has 1 aliphatic heterocycles. The quantitative estimate of drug-likeness (QED) is 0.775. The minimum atomic E-state index is -3.46. The second kappa shape index (κ2) is 8.13.